The third-order valence-corrected chi connectivity index (χ3v) is 4.99. The molecule has 3 heterocycles. The van der Waals surface area contributed by atoms with Crippen molar-refractivity contribution in [1.29, 1.82) is 0 Å². The minimum atomic E-state index is -0.377. The molecule has 3 aliphatic rings. The summed E-state index contributed by atoms with van der Waals surface area (Å²) in [5, 5.41) is 0. The van der Waals surface area contributed by atoms with Gasteiger partial charge in [-0.05, 0) is 13.8 Å². The van der Waals surface area contributed by atoms with E-state index < -0.39 is 0 Å². The van der Waals surface area contributed by atoms with E-state index in [-0.39, 0.29) is 42.6 Å². The first-order valence-electron chi connectivity index (χ1n) is 7.10. The highest BCUT2D eigenvalue weighted by molar-refractivity contribution is 7.99. The fourth-order valence-electron chi connectivity index (χ4n) is 3.03. The molecular weight excluding hydrogens is 294 g/mol. The Labute approximate surface area is 127 Å². The van der Waals surface area contributed by atoms with Crippen LogP contribution < -0.4 is 0 Å². The molecule has 0 N–H and O–H groups in total. The molecule has 0 aliphatic carbocycles. The summed E-state index contributed by atoms with van der Waals surface area (Å²) in [6, 6.07) is -0.712. The Kier molecular flexibility index (Phi) is 3.83. The number of morpholine rings is 1. The van der Waals surface area contributed by atoms with E-state index in [4.69, 9.17) is 4.74 Å². The van der Waals surface area contributed by atoms with Crippen molar-refractivity contribution in [2.75, 3.05) is 31.3 Å². The average Bonchev–Trinajstić information content (AvgIpc) is 2.97. The van der Waals surface area contributed by atoms with Gasteiger partial charge in [0.2, 0.25) is 5.91 Å². The smallest absolute Gasteiger partial charge is 0.328 e. The summed E-state index contributed by atoms with van der Waals surface area (Å²) in [6.45, 7) is 4.67. The molecule has 0 bridgehead atoms. The quantitative estimate of drug-likeness (QED) is 0.669. The van der Waals surface area contributed by atoms with Crippen LogP contribution in [0, 0.1) is 0 Å². The summed E-state index contributed by atoms with van der Waals surface area (Å²) in [5.41, 5.74) is 0. The van der Waals surface area contributed by atoms with Crippen molar-refractivity contribution in [1.82, 2.24) is 14.7 Å². The standard InChI is InChI=1S/C13H19N3O4S/c1-8-3-14(4-9(2)20-8)11(17)5-15-12(18)10-6-21-7-16(10)13(15)19/h8-10H,3-7H2,1-2H3/t8-,9+,10-/m0/s1. The molecule has 0 aromatic carbocycles. The predicted molar refractivity (Wildman–Crippen MR) is 76.7 cm³/mol. The van der Waals surface area contributed by atoms with Gasteiger partial charge in [0, 0.05) is 18.8 Å². The largest absolute Gasteiger partial charge is 0.372 e. The molecule has 7 nitrogen and oxygen atoms in total. The van der Waals surface area contributed by atoms with Crippen molar-refractivity contribution in [3.63, 3.8) is 0 Å². The van der Waals surface area contributed by atoms with Gasteiger partial charge in [-0.2, -0.15) is 0 Å². The predicted octanol–water partition coefficient (Wildman–Crippen LogP) is -0.0407. The Hall–Kier alpha value is -1.28. The van der Waals surface area contributed by atoms with E-state index >= 15 is 0 Å². The van der Waals surface area contributed by atoms with Crippen LogP contribution in [0.25, 0.3) is 0 Å². The highest BCUT2D eigenvalue weighted by Crippen LogP contribution is 2.29. The number of hydrogen-bond acceptors (Lipinski definition) is 5. The molecule has 0 spiro atoms. The Morgan fingerprint density at radius 3 is 2.57 bits per heavy atom. The molecule has 4 amide bonds. The van der Waals surface area contributed by atoms with E-state index in [1.165, 1.54) is 0 Å². The Balaban J connectivity index is 1.65. The number of imide groups is 1. The molecule has 3 fully saturated rings. The summed E-state index contributed by atoms with van der Waals surface area (Å²) in [4.78, 5) is 41.0. The van der Waals surface area contributed by atoms with Crippen LogP contribution >= 0.6 is 11.8 Å². The summed E-state index contributed by atoms with van der Waals surface area (Å²) in [5.74, 6) is 0.729. The fraction of sp³-hybridized carbons (Fsp3) is 0.769. The van der Waals surface area contributed by atoms with E-state index in [9.17, 15) is 14.4 Å². The van der Waals surface area contributed by atoms with Gasteiger partial charge in [-0.1, -0.05) is 0 Å². The van der Waals surface area contributed by atoms with Crippen LogP contribution in [-0.4, -0.2) is 82.1 Å². The van der Waals surface area contributed by atoms with Crippen LogP contribution in [0.5, 0.6) is 0 Å². The van der Waals surface area contributed by atoms with Crippen molar-refractivity contribution in [2.24, 2.45) is 0 Å². The molecule has 3 rings (SSSR count). The van der Waals surface area contributed by atoms with Crippen molar-refractivity contribution >= 4 is 29.6 Å². The van der Waals surface area contributed by atoms with Gasteiger partial charge in [-0.25, -0.2) is 4.79 Å². The third kappa shape index (κ3) is 2.62. The number of hydrogen-bond donors (Lipinski definition) is 0. The number of fused-ring (bicyclic) bond motifs is 1. The normalized spacial score (nSPS) is 32.9. The lowest BCUT2D eigenvalue weighted by atomic mass is 10.2. The van der Waals surface area contributed by atoms with Gasteiger partial charge in [-0.3, -0.25) is 14.5 Å². The second-order valence-corrected chi connectivity index (χ2v) is 6.75. The maximum absolute atomic E-state index is 12.4. The number of thioether (sulfide) groups is 1. The highest BCUT2D eigenvalue weighted by atomic mass is 32.2. The molecule has 116 valence electrons. The second-order valence-electron chi connectivity index (χ2n) is 5.75. The number of carbonyl (C=O) groups excluding carboxylic acids is 3. The van der Waals surface area contributed by atoms with Gasteiger partial charge in [0.1, 0.15) is 12.6 Å². The summed E-state index contributed by atoms with van der Waals surface area (Å²) in [7, 11) is 0. The van der Waals surface area contributed by atoms with Gasteiger partial charge in [0.25, 0.3) is 5.91 Å². The number of rotatable bonds is 2. The summed E-state index contributed by atoms with van der Waals surface area (Å²) >= 11 is 1.57. The lowest BCUT2D eigenvalue weighted by molar-refractivity contribution is -0.146. The molecule has 0 aromatic rings. The minimum absolute atomic E-state index is 0.0257. The molecule has 3 atom stereocenters. The number of carbonyl (C=O) groups is 3. The average molecular weight is 313 g/mol. The van der Waals surface area contributed by atoms with Gasteiger partial charge in [0.05, 0.1) is 18.1 Å². The minimum Gasteiger partial charge on any atom is -0.372 e. The topological polar surface area (TPSA) is 70.2 Å². The number of urea groups is 1. The second kappa shape index (κ2) is 5.49. The molecular formula is C13H19N3O4S. The Morgan fingerprint density at radius 2 is 1.95 bits per heavy atom. The van der Waals surface area contributed by atoms with Crippen LogP contribution in [0.4, 0.5) is 4.79 Å². The third-order valence-electron chi connectivity index (χ3n) is 3.98. The summed E-state index contributed by atoms with van der Waals surface area (Å²) < 4.78 is 5.59. The monoisotopic (exact) mass is 313 g/mol. The number of ether oxygens (including phenoxy) is 1. The Bertz CT molecular complexity index is 454. The van der Waals surface area contributed by atoms with Crippen LogP contribution in [0.3, 0.4) is 0 Å². The van der Waals surface area contributed by atoms with Crippen molar-refractivity contribution < 1.29 is 19.1 Å². The molecule has 0 radical (unpaired) electrons. The number of nitrogens with zero attached hydrogens (tertiary/aromatic N) is 3. The SMILES string of the molecule is C[C@@H]1CN(C(=O)CN2C(=O)[C@@H]3CSCN3C2=O)C[C@H](C)O1. The maximum atomic E-state index is 12.4. The van der Waals surface area contributed by atoms with E-state index in [2.05, 4.69) is 0 Å². The lowest BCUT2D eigenvalue weighted by Crippen LogP contribution is -2.52. The zero-order valence-electron chi connectivity index (χ0n) is 12.2. The van der Waals surface area contributed by atoms with Crippen LogP contribution in [-0.2, 0) is 14.3 Å². The van der Waals surface area contributed by atoms with E-state index in [1.807, 2.05) is 13.8 Å². The molecule has 0 saturated carbocycles. The fourth-order valence-corrected chi connectivity index (χ4v) is 4.17. The zero-order valence-corrected chi connectivity index (χ0v) is 13.0. The van der Waals surface area contributed by atoms with Crippen molar-refractivity contribution in [3.05, 3.63) is 0 Å². The van der Waals surface area contributed by atoms with E-state index in [0.29, 0.717) is 24.7 Å². The Morgan fingerprint density at radius 1 is 1.29 bits per heavy atom. The first-order chi connectivity index (χ1) is 9.97. The van der Waals surface area contributed by atoms with Crippen LogP contribution in [0.15, 0.2) is 0 Å². The van der Waals surface area contributed by atoms with Crippen molar-refractivity contribution in [2.45, 2.75) is 32.1 Å². The van der Waals surface area contributed by atoms with Gasteiger partial charge < -0.3 is 14.5 Å². The van der Waals surface area contributed by atoms with Crippen molar-refractivity contribution in [3.8, 4) is 0 Å². The maximum Gasteiger partial charge on any atom is 0.328 e. The molecule has 0 aromatic heterocycles. The number of amides is 4. The molecule has 21 heavy (non-hydrogen) atoms. The van der Waals surface area contributed by atoms with E-state index in [1.54, 1.807) is 21.6 Å². The molecule has 3 saturated heterocycles. The first-order valence-corrected chi connectivity index (χ1v) is 8.26. The summed E-state index contributed by atoms with van der Waals surface area (Å²) in [6.07, 6.45) is -0.0515. The molecule has 3 aliphatic heterocycles. The van der Waals surface area contributed by atoms with Gasteiger partial charge >= 0.3 is 6.03 Å². The van der Waals surface area contributed by atoms with E-state index in [0.717, 1.165) is 4.90 Å². The van der Waals surface area contributed by atoms with Gasteiger partial charge in [-0.15, -0.1) is 11.8 Å². The first kappa shape index (κ1) is 14.6. The molecule has 0 unspecified atom stereocenters. The molecule has 8 heteroatoms. The zero-order chi connectivity index (χ0) is 15.1. The highest BCUT2D eigenvalue weighted by Gasteiger charge is 2.48. The van der Waals surface area contributed by atoms with Gasteiger partial charge in [0.15, 0.2) is 0 Å². The van der Waals surface area contributed by atoms with Crippen LogP contribution in [0.1, 0.15) is 13.8 Å². The lowest BCUT2D eigenvalue weighted by Gasteiger charge is -2.35. The van der Waals surface area contributed by atoms with Crippen LogP contribution in [0.2, 0.25) is 0 Å².